The van der Waals surface area contributed by atoms with Crippen LogP contribution >= 0.6 is 15.9 Å². The van der Waals surface area contributed by atoms with E-state index in [0.717, 1.165) is 15.6 Å². The summed E-state index contributed by atoms with van der Waals surface area (Å²) in [6, 6.07) is 9.63. The summed E-state index contributed by atoms with van der Waals surface area (Å²) in [6.07, 6.45) is 1.87. The summed E-state index contributed by atoms with van der Waals surface area (Å²) in [5.74, 6) is 1.20. The highest BCUT2D eigenvalue weighted by Crippen LogP contribution is 2.36. The zero-order chi connectivity index (χ0) is 17.1. The molecule has 6 heteroatoms. The van der Waals surface area contributed by atoms with E-state index in [2.05, 4.69) is 26.5 Å². The van der Waals surface area contributed by atoms with Crippen molar-refractivity contribution in [2.24, 2.45) is 5.10 Å². The number of aryl methyl sites for hydroxylation is 2. The van der Waals surface area contributed by atoms with Crippen molar-refractivity contribution in [1.82, 2.24) is 5.43 Å². The average molecular weight is 389 g/mol. The molecule has 2 aromatic carbocycles. The third-order valence-corrected chi connectivity index (χ3v) is 4.51. The number of nitrogens with zero attached hydrogens (tertiary/aromatic N) is 1. The van der Waals surface area contributed by atoms with Crippen molar-refractivity contribution in [2.45, 2.75) is 20.3 Å². The number of carbonyl (C=O) groups excluding carboxylic acids is 1. The second-order valence-corrected chi connectivity index (χ2v) is 6.47. The summed E-state index contributed by atoms with van der Waals surface area (Å²) in [5.41, 5.74) is 6.70. The van der Waals surface area contributed by atoms with Crippen molar-refractivity contribution in [1.29, 1.82) is 0 Å². The van der Waals surface area contributed by atoms with Crippen molar-refractivity contribution >= 4 is 28.1 Å². The van der Waals surface area contributed by atoms with E-state index in [1.807, 2.05) is 44.2 Å². The Hall–Kier alpha value is -2.34. The molecule has 0 radical (unpaired) electrons. The molecule has 24 heavy (non-hydrogen) atoms. The molecule has 1 aliphatic rings. The highest BCUT2D eigenvalue weighted by molar-refractivity contribution is 9.10. The number of fused-ring (bicyclic) bond motifs is 1. The van der Waals surface area contributed by atoms with Crippen LogP contribution in [-0.4, -0.2) is 18.9 Å². The van der Waals surface area contributed by atoms with Crippen LogP contribution in [0.15, 0.2) is 39.9 Å². The van der Waals surface area contributed by atoms with Gasteiger partial charge < -0.3 is 9.47 Å². The van der Waals surface area contributed by atoms with E-state index in [-0.39, 0.29) is 12.7 Å². The second-order valence-electron chi connectivity index (χ2n) is 5.62. The van der Waals surface area contributed by atoms with E-state index in [0.29, 0.717) is 17.9 Å². The molecule has 5 nitrogen and oxygen atoms in total. The van der Waals surface area contributed by atoms with E-state index in [9.17, 15) is 4.79 Å². The van der Waals surface area contributed by atoms with E-state index in [4.69, 9.17) is 9.47 Å². The number of halogens is 1. The van der Waals surface area contributed by atoms with E-state index < -0.39 is 0 Å². The monoisotopic (exact) mass is 388 g/mol. The molecular formula is C18H17BrN2O3. The summed E-state index contributed by atoms with van der Waals surface area (Å²) in [7, 11) is 0. The first kappa shape index (κ1) is 16.5. The maximum absolute atomic E-state index is 12.0. The molecule has 0 atom stereocenters. The van der Waals surface area contributed by atoms with Gasteiger partial charge in [-0.1, -0.05) is 18.2 Å². The number of carbonyl (C=O) groups is 1. The largest absolute Gasteiger partial charge is 0.454 e. The third kappa shape index (κ3) is 3.76. The summed E-state index contributed by atoms with van der Waals surface area (Å²) < 4.78 is 11.4. The minimum atomic E-state index is -0.161. The molecule has 1 aliphatic heterocycles. The molecule has 3 rings (SSSR count). The van der Waals surface area contributed by atoms with Gasteiger partial charge in [0.25, 0.3) is 0 Å². The number of ether oxygens (including phenoxy) is 2. The van der Waals surface area contributed by atoms with E-state index in [1.165, 1.54) is 11.1 Å². The summed E-state index contributed by atoms with van der Waals surface area (Å²) >= 11 is 3.45. The van der Waals surface area contributed by atoms with Gasteiger partial charge in [-0.15, -0.1) is 0 Å². The highest BCUT2D eigenvalue weighted by Gasteiger charge is 2.15. The molecule has 0 saturated heterocycles. The van der Waals surface area contributed by atoms with Gasteiger partial charge in [-0.25, -0.2) is 5.43 Å². The van der Waals surface area contributed by atoms with Crippen LogP contribution in [0.1, 0.15) is 22.3 Å². The summed E-state index contributed by atoms with van der Waals surface area (Å²) in [6.45, 7) is 4.30. The summed E-state index contributed by atoms with van der Waals surface area (Å²) in [4.78, 5) is 12.0. The lowest BCUT2D eigenvalue weighted by atomic mass is 10.0. The highest BCUT2D eigenvalue weighted by atomic mass is 79.9. The quantitative estimate of drug-likeness (QED) is 0.644. The first-order valence-corrected chi connectivity index (χ1v) is 8.29. The van der Waals surface area contributed by atoms with Crippen molar-refractivity contribution in [3.63, 3.8) is 0 Å². The topological polar surface area (TPSA) is 59.9 Å². The van der Waals surface area contributed by atoms with Crippen molar-refractivity contribution in [3.05, 3.63) is 57.1 Å². The second kappa shape index (κ2) is 7.05. The van der Waals surface area contributed by atoms with Crippen LogP contribution in [-0.2, 0) is 11.2 Å². The number of rotatable bonds is 4. The van der Waals surface area contributed by atoms with Gasteiger partial charge in [0.1, 0.15) is 0 Å². The van der Waals surface area contributed by atoms with Gasteiger partial charge in [0.15, 0.2) is 11.5 Å². The molecule has 1 N–H and O–H groups in total. The van der Waals surface area contributed by atoms with Crippen LogP contribution in [0.4, 0.5) is 0 Å². The molecule has 0 unspecified atom stereocenters. The van der Waals surface area contributed by atoms with Crippen LogP contribution in [0.5, 0.6) is 11.5 Å². The molecule has 2 aromatic rings. The molecule has 1 heterocycles. The number of nitrogens with one attached hydrogen (secondary N) is 1. The average Bonchev–Trinajstić information content (AvgIpc) is 2.98. The third-order valence-electron chi connectivity index (χ3n) is 3.82. The number of hydrogen-bond acceptors (Lipinski definition) is 4. The molecule has 0 spiro atoms. The lowest BCUT2D eigenvalue weighted by Gasteiger charge is -2.05. The van der Waals surface area contributed by atoms with E-state index >= 15 is 0 Å². The first-order valence-electron chi connectivity index (χ1n) is 7.50. The fourth-order valence-corrected chi connectivity index (χ4v) is 2.77. The van der Waals surface area contributed by atoms with Gasteiger partial charge in [0.05, 0.1) is 12.6 Å². The smallest absolute Gasteiger partial charge is 0.244 e. The Morgan fingerprint density at radius 1 is 1.21 bits per heavy atom. The molecule has 124 valence electrons. The van der Waals surface area contributed by atoms with Gasteiger partial charge >= 0.3 is 0 Å². The molecule has 1 amide bonds. The molecule has 0 bridgehead atoms. The summed E-state index contributed by atoms with van der Waals surface area (Å²) in [5, 5.41) is 4.01. The molecule has 0 fully saturated rings. The minimum Gasteiger partial charge on any atom is -0.454 e. The Labute approximate surface area is 148 Å². The SMILES string of the molecule is Cc1ccc(CC(=O)N/N=C\c2cc3c(cc2Br)OCO3)cc1C. The molecule has 0 aliphatic carbocycles. The normalized spacial score (nSPS) is 12.6. The fraction of sp³-hybridized carbons (Fsp3) is 0.222. The van der Waals surface area contributed by atoms with Crippen LogP contribution in [0, 0.1) is 13.8 Å². The number of amides is 1. The Morgan fingerprint density at radius 2 is 1.96 bits per heavy atom. The lowest BCUT2D eigenvalue weighted by molar-refractivity contribution is -0.120. The fourth-order valence-electron chi connectivity index (χ4n) is 2.34. The van der Waals surface area contributed by atoms with Gasteiger partial charge in [-0.2, -0.15) is 5.10 Å². The Kier molecular flexibility index (Phi) is 4.85. The predicted octanol–water partition coefficient (Wildman–Crippen LogP) is 3.49. The minimum absolute atomic E-state index is 0.161. The van der Waals surface area contributed by atoms with Crippen LogP contribution in [0.2, 0.25) is 0 Å². The predicted molar refractivity (Wildman–Crippen MR) is 95.6 cm³/mol. The van der Waals surface area contributed by atoms with E-state index in [1.54, 1.807) is 6.21 Å². The first-order chi connectivity index (χ1) is 11.5. The Bertz CT molecular complexity index is 818. The van der Waals surface area contributed by atoms with Crippen molar-refractivity contribution in [3.8, 4) is 11.5 Å². The van der Waals surface area contributed by atoms with Gasteiger partial charge in [-0.3, -0.25) is 4.79 Å². The zero-order valence-electron chi connectivity index (χ0n) is 13.4. The number of hydrazone groups is 1. The Balaban J connectivity index is 1.61. The Morgan fingerprint density at radius 3 is 2.71 bits per heavy atom. The number of benzene rings is 2. The van der Waals surface area contributed by atoms with Crippen molar-refractivity contribution < 1.29 is 14.3 Å². The van der Waals surface area contributed by atoms with Crippen molar-refractivity contribution in [2.75, 3.05) is 6.79 Å². The van der Waals surface area contributed by atoms with Gasteiger partial charge in [0, 0.05) is 10.0 Å². The van der Waals surface area contributed by atoms with Crippen LogP contribution in [0.3, 0.4) is 0 Å². The standard InChI is InChI=1S/C18H17BrN2O3/c1-11-3-4-13(5-12(11)2)6-18(22)21-20-9-14-7-16-17(8-15(14)19)24-10-23-16/h3-5,7-9H,6,10H2,1-2H3,(H,21,22)/b20-9-. The van der Waals surface area contributed by atoms with Gasteiger partial charge in [0.2, 0.25) is 12.7 Å². The van der Waals surface area contributed by atoms with Crippen LogP contribution in [0.25, 0.3) is 0 Å². The zero-order valence-corrected chi connectivity index (χ0v) is 15.0. The maximum atomic E-state index is 12.0. The maximum Gasteiger partial charge on any atom is 0.244 e. The van der Waals surface area contributed by atoms with Gasteiger partial charge in [-0.05, 0) is 58.6 Å². The van der Waals surface area contributed by atoms with Crippen LogP contribution < -0.4 is 14.9 Å². The number of hydrogen-bond donors (Lipinski definition) is 1. The molecular weight excluding hydrogens is 372 g/mol. The lowest BCUT2D eigenvalue weighted by Crippen LogP contribution is -2.19. The molecule has 0 aromatic heterocycles. The molecule has 0 saturated carbocycles.